The third-order valence-corrected chi connectivity index (χ3v) is 6.77. The van der Waals surface area contributed by atoms with Crippen LogP contribution in [-0.4, -0.2) is 29.6 Å². The molecule has 0 fully saturated rings. The van der Waals surface area contributed by atoms with Gasteiger partial charge in [-0.05, 0) is 42.8 Å². The highest BCUT2D eigenvalue weighted by Crippen LogP contribution is 2.33. The Morgan fingerprint density at radius 3 is 2.93 bits per heavy atom. The quantitative estimate of drug-likeness (QED) is 0.566. The molecule has 0 spiro atoms. The van der Waals surface area contributed by atoms with Crippen molar-refractivity contribution < 1.29 is 9.53 Å². The Kier molecular flexibility index (Phi) is 5.37. The first-order valence-electron chi connectivity index (χ1n) is 8.98. The topological polar surface area (TPSA) is 54.5 Å². The molecule has 0 atom stereocenters. The minimum Gasteiger partial charge on any atom is -0.497 e. The van der Waals surface area contributed by atoms with Gasteiger partial charge in [-0.1, -0.05) is 28.1 Å². The van der Waals surface area contributed by atoms with Crippen molar-refractivity contribution in [3.8, 4) is 16.3 Å². The van der Waals surface area contributed by atoms with E-state index < -0.39 is 0 Å². The third kappa shape index (κ3) is 3.91. The number of anilines is 1. The van der Waals surface area contributed by atoms with Gasteiger partial charge in [0.05, 0.1) is 19.3 Å². The van der Waals surface area contributed by atoms with Gasteiger partial charge in [0.15, 0.2) is 0 Å². The summed E-state index contributed by atoms with van der Waals surface area (Å²) >= 11 is 5.13. The number of nitrogens with zero attached hydrogens (tertiary/aromatic N) is 2. The number of hydrogen-bond acceptors (Lipinski definition) is 4. The van der Waals surface area contributed by atoms with Crippen LogP contribution in [0.1, 0.15) is 16.1 Å². The molecule has 5 nitrogen and oxygen atoms in total. The van der Waals surface area contributed by atoms with Gasteiger partial charge in [-0.3, -0.25) is 0 Å². The number of urea groups is 1. The van der Waals surface area contributed by atoms with E-state index in [1.165, 1.54) is 0 Å². The van der Waals surface area contributed by atoms with Gasteiger partial charge in [0.2, 0.25) is 0 Å². The molecule has 2 heterocycles. The Hall–Kier alpha value is -2.38. The van der Waals surface area contributed by atoms with Crippen LogP contribution in [0.25, 0.3) is 10.6 Å². The van der Waals surface area contributed by atoms with Gasteiger partial charge in [0, 0.05) is 33.6 Å². The van der Waals surface area contributed by atoms with E-state index in [2.05, 4.69) is 21.2 Å². The van der Waals surface area contributed by atoms with E-state index in [4.69, 9.17) is 9.72 Å². The van der Waals surface area contributed by atoms with Crippen LogP contribution in [0.5, 0.6) is 5.75 Å². The SMILES string of the molecule is COc1cccc(-c2nc3c(s2)CN(C(=O)Nc2ccc(Br)c(C)c2)CC3)c1. The van der Waals surface area contributed by atoms with Gasteiger partial charge >= 0.3 is 6.03 Å². The molecule has 28 heavy (non-hydrogen) atoms. The van der Waals surface area contributed by atoms with Crippen molar-refractivity contribution in [1.29, 1.82) is 0 Å². The van der Waals surface area contributed by atoms with Crippen LogP contribution >= 0.6 is 27.3 Å². The zero-order chi connectivity index (χ0) is 19.7. The van der Waals surface area contributed by atoms with Crippen molar-refractivity contribution in [2.45, 2.75) is 19.9 Å². The Morgan fingerprint density at radius 1 is 1.29 bits per heavy atom. The molecule has 1 aliphatic heterocycles. The zero-order valence-corrected chi connectivity index (χ0v) is 18.1. The molecule has 4 rings (SSSR count). The second kappa shape index (κ2) is 7.93. The van der Waals surface area contributed by atoms with Crippen molar-refractivity contribution in [2.75, 3.05) is 19.0 Å². The number of carbonyl (C=O) groups is 1. The second-order valence-corrected chi connectivity index (χ2v) is 8.62. The number of ether oxygens (including phenoxy) is 1. The zero-order valence-electron chi connectivity index (χ0n) is 15.7. The van der Waals surface area contributed by atoms with Crippen molar-refractivity contribution in [1.82, 2.24) is 9.88 Å². The maximum absolute atomic E-state index is 12.7. The van der Waals surface area contributed by atoms with Gasteiger partial charge < -0.3 is 15.0 Å². The molecule has 0 bridgehead atoms. The molecule has 0 radical (unpaired) electrons. The van der Waals surface area contributed by atoms with E-state index in [1.807, 2.05) is 54.3 Å². The lowest BCUT2D eigenvalue weighted by molar-refractivity contribution is 0.207. The summed E-state index contributed by atoms with van der Waals surface area (Å²) in [4.78, 5) is 20.5. The molecule has 3 aromatic rings. The van der Waals surface area contributed by atoms with E-state index in [9.17, 15) is 4.79 Å². The highest BCUT2D eigenvalue weighted by molar-refractivity contribution is 9.10. The van der Waals surface area contributed by atoms with Crippen LogP contribution in [0.15, 0.2) is 46.9 Å². The number of methoxy groups -OCH3 is 1. The molecule has 0 saturated carbocycles. The Morgan fingerprint density at radius 2 is 2.14 bits per heavy atom. The summed E-state index contributed by atoms with van der Waals surface area (Å²) in [6.45, 7) is 3.25. The number of thiazole rings is 1. The normalized spacial score (nSPS) is 13.2. The van der Waals surface area contributed by atoms with Crippen molar-refractivity contribution in [2.24, 2.45) is 0 Å². The molecule has 1 aromatic heterocycles. The summed E-state index contributed by atoms with van der Waals surface area (Å²) < 4.78 is 6.34. The van der Waals surface area contributed by atoms with Gasteiger partial charge in [0.1, 0.15) is 10.8 Å². The molecule has 0 aliphatic carbocycles. The van der Waals surface area contributed by atoms with Crippen LogP contribution in [0.4, 0.5) is 10.5 Å². The predicted octanol–water partition coefficient (Wildman–Crippen LogP) is 5.48. The fourth-order valence-electron chi connectivity index (χ4n) is 3.17. The molecular weight excluding hydrogens is 438 g/mol. The Balaban J connectivity index is 1.49. The highest BCUT2D eigenvalue weighted by atomic mass is 79.9. The van der Waals surface area contributed by atoms with Crippen LogP contribution in [0.2, 0.25) is 0 Å². The number of hydrogen-bond donors (Lipinski definition) is 1. The second-order valence-electron chi connectivity index (χ2n) is 6.69. The number of fused-ring (bicyclic) bond motifs is 1. The highest BCUT2D eigenvalue weighted by Gasteiger charge is 2.24. The molecule has 0 unspecified atom stereocenters. The van der Waals surface area contributed by atoms with E-state index in [1.54, 1.807) is 18.4 Å². The number of carbonyl (C=O) groups excluding carboxylic acids is 1. The molecule has 1 N–H and O–H groups in total. The molecule has 7 heteroatoms. The third-order valence-electron chi connectivity index (χ3n) is 4.74. The fourth-order valence-corrected chi connectivity index (χ4v) is 4.54. The average Bonchev–Trinajstić information content (AvgIpc) is 3.14. The summed E-state index contributed by atoms with van der Waals surface area (Å²) in [6.07, 6.45) is 0.766. The lowest BCUT2D eigenvalue weighted by Gasteiger charge is -2.26. The van der Waals surface area contributed by atoms with Crippen molar-refractivity contribution in [3.05, 3.63) is 63.1 Å². The minimum atomic E-state index is -0.0799. The monoisotopic (exact) mass is 457 g/mol. The smallest absolute Gasteiger partial charge is 0.322 e. The standard InChI is InChI=1S/C21H20BrN3O2S/c1-13-10-15(6-7-17(13)22)23-21(26)25-9-8-18-19(12-25)28-20(24-18)14-4-3-5-16(11-14)27-2/h3-7,10-11H,8-9,12H2,1-2H3,(H,23,26). The molecule has 2 aromatic carbocycles. The molecule has 0 saturated heterocycles. The van der Waals surface area contributed by atoms with Crippen LogP contribution in [0, 0.1) is 6.92 Å². The number of aromatic nitrogens is 1. The molecule has 144 valence electrons. The number of halogens is 1. The lowest BCUT2D eigenvalue weighted by atomic mass is 10.2. The van der Waals surface area contributed by atoms with Gasteiger partial charge in [0.25, 0.3) is 0 Å². The Labute approximate surface area is 176 Å². The van der Waals surface area contributed by atoms with E-state index in [0.717, 1.165) is 49.0 Å². The number of rotatable bonds is 3. The number of amides is 2. The number of aryl methyl sites for hydroxylation is 1. The summed E-state index contributed by atoms with van der Waals surface area (Å²) in [5.74, 6) is 0.816. The Bertz CT molecular complexity index is 1030. The maximum Gasteiger partial charge on any atom is 0.322 e. The van der Waals surface area contributed by atoms with Crippen LogP contribution in [-0.2, 0) is 13.0 Å². The van der Waals surface area contributed by atoms with Gasteiger partial charge in [-0.2, -0.15) is 0 Å². The molecular formula is C21H20BrN3O2S. The van der Waals surface area contributed by atoms with Crippen molar-refractivity contribution in [3.63, 3.8) is 0 Å². The fraction of sp³-hybridized carbons (Fsp3) is 0.238. The summed E-state index contributed by atoms with van der Waals surface area (Å²) in [5.41, 5.74) is 4.02. The lowest BCUT2D eigenvalue weighted by Crippen LogP contribution is -2.38. The summed E-state index contributed by atoms with van der Waals surface area (Å²) in [7, 11) is 1.66. The van der Waals surface area contributed by atoms with E-state index in [0.29, 0.717) is 13.1 Å². The first-order valence-corrected chi connectivity index (χ1v) is 10.6. The molecule has 1 aliphatic rings. The van der Waals surface area contributed by atoms with Gasteiger partial charge in [-0.25, -0.2) is 9.78 Å². The maximum atomic E-state index is 12.7. The van der Waals surface area contributed by atoms with Crippen molar-refractivity contribution >= 4 is 39.0 Å². The van der Waals surface area contributed by atoms with Gasteiger partial charge in [-0.15, -0.1) is 11.3 Å². The summed E-state index contributed by atoms with van der Waals surface area (Å²) in [5, 5.41) is 3.97. The number of benzene rings is 2. The first kappa shape index (κ1) is 19.0. The van der Waals surface area contributed by atoms with Crippen LogP contribution < -0.4 is 10.1 Å². The van der Waals surface area contributed by atoms with Crippen LogP contribution in [0.3, 0.4) is 0 Å². The average molecular weight is 458 g/mol. The minimum absolute atomic E-state index is 0.0799. The summed E-state index contributed by atoms with van der Waals surface area (Å²) in [6, 6.07) is 13.6. The predicted molar refractivity (Wildman–Crippen MR) is 116 cm³/mol. The van der Waals surface area contributed by atoms with E-state index >= 15 is 0 Å². The molecule has 2 amide bonds. The first-order chi connectivity index (χ1) is 13.5. The van der Waals surface area contributed by atoms with E-state index in [-0.39, 0.29) is 6.03 Å². The number of nitrogens with one attached hydrogen (secondary N) is 1. The largest absolute Gasteiger partial charge is 0.497 e.